The number of rotatable bonds is 5. The number of nitrogens with zero attached hydrogens (tertiary/aromatic N) is 2. The van der Waals surface area contributed by atoms with Gasteiger partial charge in [0.25, 0.3) is 0 Å². The van der Waals surface area contributed by atoms with Crippen molar-refractivity contribution >= 4 is 46.7 Å². The van der Waals surface area contributed by atoms with Crippen LogP contribution < -0.4 is 11.1 Å². The number of pyridine rings is 2. The van der Waals surface area contributed by atoms with Crippen LogP contribution in [0.25, 0.3) is 11.0 Å². The Bertz CT molecular complexity index is 1020. The first kappa shape index (κ1) is 21.1. The minimum Gasteiger partial charge on any atom is -0.459 e. The van der Waals surface area contributed by atoms with E-state index in [2.05, 4.69) is 15.3 Å². The summed E-state index contributed by atoms with van der Waals surface area (Å²) in [6.45, 7) is 5.44. The lowest BCUT2D eigenvalue weighted by Crippen LogP contribution is -2.14. The number of hydrogen-bond donors (Lipinski definition) is 2. The van der Waals surface area contributed by atoms with E-state index < -0.39 is 11.9 Å². The highest BCUT2D eigenvalue weighted by Crippen LogP contribution is 2.29. The Balaban J connectivity index is 0.00000280. The summed E-state index contributed by atoms with van der Waals surface area (Å²) in [5.41, 5.74) is 8.56. The van der Waals surface area contributed by atoms with Gasteiger partial charge in [-0.25, -0.2) is 14.8 Å². The molecule has 0 atom stereocenters. The van der Waals surface area contributed by atoms with Crippen LogP contribution in [0.15, 0.2) is 42.6 Å². The Morgan fingerprint density at radius 3 is 2.39 bits per heavy atom. The van der Waals surface area contributed by atoms with Crippen LogP contribution in [0, 0.1) is 6.92 Å². The minimum absolute atomic E-state index is 0. The molecule has 28 heavy (non-hydrogen) atoms. The number of nitrogens with two attached hydrogens (primary N) is 1. The number of fused-ring (bicyclic) bond motifs is 1. The molecule has 0 fully saturated rings. The van der Waals surface area contributed by atoms with Gasteiger partial charge in [-0.3, -0.25) is 4.79 Å². The Kier molecular flexibility index (Phi) is 6.53. The summed E-state index contributed by atoms with van der Waals surface area (Å²) < 4.78 is 5.34. The topological polar surface area (TPSA) is 107 Å². The van der Waals surface area contributed by atoms with E-state index in [4.69, 9.17) is 10.5 Å². The summed E-state index contributed by atoms with van der Waals surface area (Å²) in [6.07, 6.45) is 1.20. The molecule has 0 saturated carbocycles. The molecule has 8 heteroatoms. The van der Waals surface area contributed by atoms with Gasteiger partial charge >= 0.3 is 5.97 Å². The van der Waals surface area contributed by atoms with Gasteiger partial charge in [-0.2, -0.15) is 0 Å². The Morgan fingerprint density at radius 1 is 1.11 bits per heavy atom. The summed E-state index contributed by atoms with van der Waals surface area (Å²) in [6, 6.07) is 10.4. The molecule has 2 aromatic heterocycles. The monoisotopic (exact) mass is 400 g/mol. The van der Waals surface area contributed by atoms with E-state index in [0.717, 1.165) is 5.69 Å². The number of esters is 1. The number of halogens is 1. The van der Waals surface area contributed by atoms with Crippen LogP contribution in [0.1, 0.15) is 40.3 Å². The molecule has 1 aromatic carbocycles. The zero-order valence-corrected chi connectivity index (χ0v) is 16.5. The number of nitrogens with one attached hydrogen (secondary N) is 1. The van der Waals surface area contributed by atoms with Crippen LogP contribution in [0.4, 0.5) is 11.4 Å². The van der Waals surface area contributed by atoms with Gasteiger partial charge in [0.05, 0.1) is 11.8 Å². The first-order valence-electron chi connectivity index (χ1n) is 8.49. The molecule has 0 aliphatic carbocycles. The van der Waals surface area contributed by atoms with E-state index in [9.17, 15) is 9.59 Å². The fourth-order valence-electron chi connectivity index (χ4n) is 2.60. The van der Waals surface area contributed by atoms with E-state index in [0.29, 0.717) is 33.5 Å². The number of anilines is 2. The molecule has 3 aromatic rings. The number of carbonyl (C=O) groups excluding carboxylic acids is 2. The van der Waals surface area contributed by atoms with Crippen LogP contribution in [0.2, 0.25) is 0 Å². The second-order valence-electron chi connectivity index (χ2n) is 6.39. The number of benzene rings is 1. The van der Waals surface area contributed by atoms with Gasteiger partial charge in [0, 0.05) is 28.5 Å². The molecule has 0 aliphatic rings. The molecule has 2 heterocycles. The summed E-state index contributed by atoms with van der Waals surface area (Å²) in [5, 5.41) is 3.91. The Labute approximate surface area is 168 Å². The molecule has 1 amide bonds. The molecule has 0 bridgehead atoms. The van der Waals surface area contributed by atoms with E-state index in [-0.39, 0.29) is 18.5 Å². The molecule has 3 rings (SSSR count). The van der Waals surface area contributed by atoms with Gasteiger partial charge in [-0.1, -0.05) is 0 Å². The van der Waals surface area contributed by atoms with Crippen LogP contribution in [-0.4, -0.2) is 27.9 Å². The highest BCUT2D eigenvalue weighted by molar-refractivity contribution is 6.05. The summed E-state index contributed by atoms with van der Waals surface area (Å²) in [4.78, 5) is 32.5. The van der Waals surface area contributed by atoms with Crippen molar-refractivity contribution in [2.45, 2.75) is 26.9 Å². The van der Waals surface area contributed by atoms with Gasteiger partial charge in [0.1, 0.15) is 5.56 Å². The lowest BCUT2D eigenvalue weighted by atomic mass is 10.1. The summed E-state index contributed by atoms with van der Waals surface area (Å²) in [7, 11) is 0. The van der Waals surface area contributed by atoms with Crippen LogP contribution in [0.3, 0.4) is 0 Å². The Morgan fingerprint density at radius 2 is 1.79 bits per heavy atom. The molecule has 146 valence electrons. The number of hydrogen-bond acceptors (Lipinski definition) is 6. The number of primary amides is 1. The van der Waals surface area contributed by atoms with Crippen molar-refractivity contribution < 1.29 is 14.3 Å². The van der Waals surface area contributed by atoms with Crippen molar-refractivity contribution in [3.8, 4) is 0 Å². The number of amides is 1. The lowest BCUT2D eigenvalue weighted by molar-refractivity contribution is 0.0378. The van der Waals surface area contributed by atoms with Crippen molar-refractivity contribution in [1.82, 2.24) is 9.97 Å². The predicted molar refractivity (Wildman–Crippen MR) is 110 cm³/mol. The van der Waals surface area contributed by atoms with Crippen molar-refractivity contribution in [1.29, 1.82) is 0 Å². The maximum absolute atomic E-state index is 12.5. The van der Waals surface area contributed by atoms with Gasteiger partial charge in [-0.15, -0.1) is 12.4 Å². The van der Waals surface area contributed by atoms with Gasteiger partial charge in [0.15, 0.2) is 5.65 Å². The molecule has 0 radical (unpaired) electrons. The van der Waals surface area contributed by atoms with E-state index in [1.807, 2.05) is 19.1 Å². The largest absolute Gasteiger partial charge is 0.459 e. The van der Waals surface area contributed by atoms with E-state index in [1.54, 1.807) is 38.1 Å². The fraction of sp³-hybridized carbons (Fsp3) is 0.200. The third-order valence-electron chi connectivity index (χ3n) is 3.87. The lowest BCUT2D eigenvalue weighted by Gasteiger charge is -2.15. The summed E-state index contributed by atoms with van der Waals surface area (Å²) in [5.74, 6) is -0.979. The van der Waals surface area contributed by atoms with Crippen molar-refractivity contribution in [3.05, 3.63) is 59.4 Å². The number of aromatic nitrogens is 2. The predicted octanol–water partition coefficient (Wildman–Crippen LogP) is 3.77. The second-order valence-corrected chi connectivity index (χ2v) is 6.39. The van der Waals surface area contributed by atoms with Crippen LogP contribution in [-0.2, 0) is 4.74 Å². The molecule has 7 nitrogen and oxygen atoms in total. The first-order chi connectivity index (χ1) is 12.8. The number of ether oxygens (including phenoxy) is 1. The third kappa shape index (κ3) is 4.55. The third-order valence-corrected chi connectivity index (χ3v) is 3.87. The SMILES string of the molecule is Cc1ccc2c(Nc3ccc(C(N)=O)cc3)c(C(=O)OC(C)C)cnc2n1.Cl. The molecular weight excluding hydrogens is 380 g/mol. The maximum Gasteiger partial charge on any atom is 0.342 e. The van der Waals surface area contributed by atoms with E-state index >= 15 is 0 Å². The molecule has 3 N–H and O–H groups in total. The normalized spacial score (nSPS) is 10.4. The van der Waals surface area contributed by atoms with Crippen molar-refractivity contribution in [2.24, 2.45) is 5.73 Å². The highest BCUT2D eigenvalue weighted by Gasteiger charge is 2.19. The molecule has 0 aliphatic heterocycles. The van der Waals surface area contributed by atoms with Crippen LogP contribution in [0.5, 0.6) is 0 Å². The summed E-state index contributed by atoms with van der Waals surface area (Å²) >= 11 is 0. The molecular formula is C20H21ClN4O3. The molecule has 0 saturated heterocycles. The number of aryl methyl sites for hydroxylation is 1. The zero-order valence-electron chi connectivity index (χ0n) is 15.7. The zero-order chi connectivity index (χ0) is 19.6. The quantitative estimate of drug-likeness (QED) is 0.631. The van der Waals surface area contributed by atoms with E-state index in [1.165, 1.54) is 6.20 Å². The van der Waals surface area contributed by atoms with Crippen LogP contribution >= 0.6 is 12.4 Å². The van der Waals surface area contributed by atoms with Gasteiger partial charge in [0.2, 0.25) is 5.91 Å². The average molecular weight is 401 g/mol. The average Bonchev–Trinajstić information content (AvgIpc) is 2.61. The second kappa shape index (κ2) is 8.67. The highest BCUT2D eigenvalue weighted by atomic mass is 35.5. The van der Waals surface area contributed by atoms with Gasteiger partial charge in [-0.05, 0) is 57.2 Å². The smallest absolute Gasteiger partial charge is 0.342 e. The van der Waals surface area contributed by atoms with Crippen molar-refractivity contribution in [2.75, 3.05) is 5.32 Å². The molecule has 0 spiro atoms. The standard InChI is InChI=1S/C20H20N4O3.ClH/c1-11(2)27-20(26)16-10-22-19-15(9-4-12(3)23-19)17(16)24-14-7-5-13(6-8-14)18(21)25;/h4-11H,1-3H3,(H2,21,25)(H,22,23,24);1H. The fourth-order valence-corrected chi connectivity index (χ4v) is 2.60. The Hall–Kier alpha value is -3.19. The minimum atomic E-state index is -0.503. The number of carbonyl (C=O) groups is 2. The maximum atomic E-state index is 12.5. The first-order valence-corrected chi connectivity index (χ1v) is 8.49. The molecule has 0 unspecified atom stereocenters. The van der Waals surface area contributed by atoms with Gasteiger partial charge < -0.3 is 15.8 Å². The van der Waals surface area contributed by atoms with Crippen molar-refractivity contribution in [3.63, 3.8) is 0 Å².